The molecule has 0 spiro atoms. The molecule has 0 saturated heterocycles. The quantitative estimate of drug-likeness (QED) is 0.652. The first-order chi connectivity index (χ1) is 7.49. The van der Waals surface area contributed by atoms with Gasteiger partial charge in [-0.2, -0.15) is 0 Å². The topological polar surface area (TPSA) is 15.3 Å². The summed E-state index contributed by atoms with van der Waals surface area (Å²) in [5.41, 5.74) is 0.458. The van der Waals surface area contributed by atoms with Crippen LogP contribution in [0, 0.1) is 11.3 Å². The lowest BCUT2D eigenvalue weighted by molar-refractivity contribution is 0.146. The van der Waals surface area contributed by atoms with Crippen LogP contribution < -0.4 is 5.32 Å². The largest absolute Gasteiger partial charge is 0.316 e. The minimum absolute atomic E-state index is 0.458. The van der Waals surface area contributed by atoms with Crippen molar-refractivity contribution < 1.29 is 0 Å². The van der Waals surface area contributed by atoms with Crippen LogP contribution in [0.15, 0.2) is 0 Å². The smallest absolute Gasteiger partial charge is 0.00470 e. The van der Waals surface area contributed by atoms with Crippen LogP contribution in [0.25, 0.3) is 0 Å². The van der Waals surface area contributed by atoms with Gasteiger partial charge in [-0.05, 0) is 37.8 Å². The second kappa shape index (κ2) is 8.08. The molecule has 16 heavy (non-hydrogen) atoms. The second-order valence-electron chi connectivity index (χ2n) is 5.58. The Labute approximate surface area is 103 Å². The van der Waals surface area contributed by atoms with Gasteiger partial charge >= 0.3 is 0 Å². The van der Waals surface area contributed by atoms with Crippen LogP contribution in [0.2, 0.25) is 0 Å². The molecule has 0 fully saturated rings. The molecule has 0 aromatic carbocycles. The maximum absolute atomic E-state index is 3.52. The highest BCUT2D eigenvalue weighted by Gasteiger charge is 2.27. The number of rotatable bonds is 9. The summed E-state index contributed by atoms with van der Waals surface area (Å²) < 4.78 is 0. The van der Waals surface area contributed by atoms with Gasteiger partial charge in [0.25, 0.3) is 0 Å². The molecule has 2 nitrogen and oxygen atoms in total. The van der Waals surface area contributed by atoms with E-state index in [1.54, 1.807) is 0 Å². The van der Waals surface area contributed by atoms with Crippen molar-refractivity contribution in [3.05, 3.63) is 0 Å². The molecule has 0 bridgehead atoms. The molecule has 0 atom stereocenters. The van der Waals surface area contributed by atoms with E-state index in [0.717, 1.165) is 19.0 Å². The molecule has 0 unspecified atom stereocenters. The Morgan fingerprint density at radius 2 is 1.69 bits per heavy atom. The molecule has 98 valence electrons. The van der Waals surface area contributed by atoms with Gasteiger partial charge in [-0.25, -0.2) is 0 Å². The molecule has 0 aliphatic rings. The molecule has 0 aliphatic heterocycles. The monoisotopic (exact) mass is 228 g/mol. The van der Waals surface area contributed by atoms with E-state index < -0.39 is 0 Å². The van der Waals surface area contributed by atoms with E-state index in [0.29, 0.717) is 5.41 Å². The third-order valence-electron chi connectivity index (χ3n) is 3.53. The van der Waals surface area contributed by atoms with Gasteiger partial charge in [0.1, 0.15) is 0 Å². The van der Waals surface area contributed by atoms with Crippen LogP contribution in [0.4, 0.5) is 0 Å². The zero-order valence-electron chi connectivity index (χ0n) is 12.3. The molecular formula is C14H32N2. The van der Waals surface area contributed by atoms with E-state index >= 15 is 0 Å². The van der Waals surface area contributed by atoms with Crippen molar-refractivity contribution in [3.8, 4) is 0 Å². The lowest BCUT2D eigenvalue weighted by Gasteiger charge is -2.36. The van der Waals surface area contributed by atoms with Gasteiger partial charge in [0, 0.05) is 19.6 Å². The Bertz CT molecular complexity index is 162. The van der Waals surface area contributed by atoms with Crippen molar-refractivity contribution in [3.63, 3.8) is 0 Å². The van der Waals surface area contributed by atoms with Gasteiger partial charge in [-0.1, -0.05) is 34.6 Å². The summed E-state index contributed by atoms with van der Waals surface area (Å²) in [5, 5.41) is 3.52. The average molecular weight is 228 g/mol. The van der Waals surface area contributed by atoms with Crippen molar-refractivity contribution in [1.29, 1.82) is 0 Å². The predicted molar refractivity (Wildman–Crippen MR) is 73.9 cm³/mol. The minimum atomic E-state index is 0.458. The molecule has 0 radical (unpaired) electrons. The third kappa shape index (κ3) is 5.86. The molecule has 0 aliphatic carbocycles. The van der Waals surface area contributed by atoms with E-state index in [-0.39, 0.29) is 0 Å². The van der Waals surface area contributed by atoms with Crippen LogP contribution in [0.1, 0.15) is 47.5 Å². The van der Waals surface area contributed by atoms with Crippen molar-refractivity contribution >= 4 is 0 Å². The highest BCUT2D eigenvalue weighted by atomic mass is 15.1. The molecule has 1 N–H and O–H groups in total. The van der Waals surface area contributed by atoms with Gasteiger partial charge in [0.05, 0.1) is 0 Å². The van der Waals surface area contributed by atoms with E-state index in [1.165, 1.54) is 25.9 Å². The molecule has 0 amide bonds. The summed E-state index contributed by atoms with van der Waals surface area (Å²) in [7, 11) is 2.26. The highest BCUT2D eigenvalue weighted by molar-refractivity contribution is 4.82. The van der Waals surface area contributed by atoms with Crippen LogP contribution in [-0.4, -0.2) is 38.1 Å². The van der Waals surface area contributed by atoms with Gasteiger partial charge in [0.15, 0.2) is 0 Å². The van der Waals surface area contributed by atoms with Crippen LogP contribution >= 0.6 is 0 Å². The molecule has 0 aromatic rings. The lowest BCUT2D eigenvalue weighted by Crippen LogP contribution is -2.43. The first-order valence-corrected chi connectivity index (χ1v) is 6.89. The molecule has 0 heterocycles. The van der Waals surface area contributed by atoms with Gasteiger partial charge in [-0.3, -0.25) is 0 Å². The summed E-state index contributed by atoms with van der Waals surface area (Å²) in [5.74, 6) is 0.760. The number of hydrogen-bond donors (Lipinski definition) is 1. The van der Waals surface area contributed by atoms with Gasteiger partial charge in [-0.15, -0.1) is 0 Å². The van der Waals surface area contributed by atoms with Crippen molar-refractivity contribution in [2.24, 2.45) is 11.3 Å². The second-order valence-corrected chi connectivity index (χ2v) is 5.58. The molecule has 0 aromatic heterocycles. The first-order valence-electron chi connectivity index (χ1n) is 6.89. The first kappa shape index (κ1) is 15.9. The van der Waals surface area contributed by atoms with E-state index in [4.69, 9.17) is 0 Å². The Balaban J connectivity index is 4.28. The summed E-state index contributed by atoms with van der Waals surface area (Å²) in [6.07, 6.45) is 2.53. The van der Waals surface area contributed by atoms with Gasteiger partial charge < -0.3 is 10.2 Å². The van der Waals surface area contributed by atoms with E-state index in [9.17, 15) is 0 Å². The standard InChI is InChI=1S/C14H32N2/c1-7-14(8-2,11-15-9-3)12-16(6)10-13(4)5/h13,15H,7-12H2,1-6H3. The maximum Gasteiger partial charge on any atom is 0.00470 e. The Morgan fingerprint density at radius 3 is 2.06 bits per heavy atom. The average Bonchev–Trinajstić information content (AvgIpc) is 2.23. The summed E-state index contributed by atoms with van der Waals surface area (Å²) in [6.45, 7) is 16.1. The number of hydrogen-bond acceptors (Lipinski definition) is 2. The zero-order chi connectivity index (χ0) is 12.6. The summed E-state index contributed by atoms with van der Waals surface area (Å²) in [6, 6.07) is 0. The van der Waals surface area contributed by atoms with Crippen molar-refractivity contribution in [2.75, 3.05) is 33.2 Å². The van der Waals surface area contributed by atoms with Crippen molar-refractivity contribution in [1.82, 2.24) is 10.2 Å². The fourth-order valence-electron chi connectivity index (χ4n) is 2.43. The predicted octanol–water partition coefficient (Wildman–Crippen LogP) is 2.99. The third-order valence-corrected chi connectivity index (χ3v) is 3.53. The normalized spacial score (nSPS) is 12.8. The van der Waals surface area contributed by atoms with Crippen molar-refractivity contribution in [2.45, 2.75) is 47.5 Å². The van der Waals surface area contributed by atoms with Crippen LogP contribution in [0.5, 0.6) is 0 Å². The van der Waals surface area contributed by atoms with Crippen LogP contribution in [-0.2, 0) is 0 Å². The molecule has 0 saturated carbocycles. The Morgan fingerprint density at radius 1 is 1.12 bits per heavy atom. The Kier molecular flexibility index (Phi) is 8.04. The molecule has 0 rings (SSSR count). The Hall–Kier alpha value is -0.0800. The van der Waals surface area contributed by atoms with E-state index in [2.05, 4.69) is 51.9 Å². The number of nitrogens with zero attached hydrogens (tertiary/aromatic N) is 1. The lowest BCUT2D eigenvalue weighted by atomic mass is 9.81. The molecular weight excluding hydrogens is 196 g/mol. The van der Waals surface area contributed by atoms with Gasteiger partial charge in [0.2, 0.25) is 0 Å². The highest BCUT2D eigenvalue weighted by Crippen LogP contribution is 2.26. The minimum Gasteiger partial charge on any atom is -0.316 e. The molecule has 2 heteroatoms. The SMILES string of the molecule is CCNCC(CC)(CC)CN(C)CC(C)C. The van der Waals surface area contributed by atoms with Crippen LogP contribution in [0.3, 0.4) is 0 Å². The maximum atomic E-state index is 3.52. The summed E-state index contributed by atoms with van der Waals surface area (Å²) in [4.78, 5) is 2.50. The fraction of sp³-hybridized carbons (Fsp3) is 1.00. The van der Waals surface area contributed by atoms with E-state index in [1.807, 2.05) is 0 Å². The summed E-state index contributed by atoms with van der Waals surface area (Å²) >= 11 is 0. The zero-order valence-corrected chi connectivity index (χ0v) is 12.3. The number of nitrogens with one attached hydrogen (secondary N) is 1. The fourth-order valence-corrected chi connectivity index (χ4v) is 2.43.